The first-order valence-corrected chi connectivity index (χ1v) is 11.7. The lowest BCUT2D eigenvalue weighted by atomic mass is 9.99. The average molecular weight is 443 g/mol. The summed E-state index contributed by atoms with van der Waals surface area (Å²) in [7, 11) is 0. The predicted octanol–water partition coefficient (Wildman–Crippen LogP) is 7.12. The third-order valence-electron chi connectivity index (χ3n) is 4.56. The Kier molecular flexibility index (Phi) is 9.92. The van der Waals surface area contributed by atoms with Gasteiger partial charge in [0.05, 0.1) is 12.0 Å². The molecule has 0 fully saturated rings. The van der Waals surface area contributed by atoms with Crippen molar-refractivity contribution in [3.8, 4) is 16.9 Å². The molecule has 2 aromatic rings. The molecule has 0 saturated heterocycles. The largest absolute Gasteiger partial charge is 0.426 e. The topological polar surface area (TPSA) is 47.3 Å². The van der Waals surface area contributed by atoms with Gasteiger partial charge in [0.2, 0.25) is 0 Å². The van der Waals surface area contributed by atoms with Gasteiger partial charge in [0.15, 0.2) is 0 Å². The van der Waals surface area contributed by atoms with Crippen LogP contribution in [0.1, 0.15) is 37.8 Å². The van der Waals surface area contributed by atoms with Gasteiger partial charge in [0, 0.05) is 29.1 Å². The standard InChI is InChI=1S/C25H31ClN2OS/c1-5-7-9-19(16-27)17-28-25(8-6-2)22-13-21(14-23(15-22)29-30-4)20-10-11-24(26)18(3)12-20/h7-16,28H,5-6,17,27H2,1-4H3/b9-7-,19-16+,25-8+. The van der Waals surface area contributed by atoms with Gasteiger partial charge in [-0.2, -0.15) is 0 Å². The first kappa shape index (κ1) is 24.0. The number of hydrogen-bond donors (Lipinski definition) is 2. The molecule has 0 spiro atoms. The Hall–Kier alpha value is -2.30. The first-order valence-electron chi connectivity index (χ1n) is 10.2. The second-order valence-electron chi connectivity index (χ2n) is 6.89. The fourth-order valence-electron chi connectivity index (χ4n) is 3.03. The van der Waals surface area contributed by atoms with Crippen molar-refractivity contribution in [3.05, 3.63) is 82.5 Å². The maximum absolute atomic E-state index is 6.22. The molecule has 0 aromatic heterocycles. The number of nitrogens with one attached hydrogen (secondary N) is 1. The van der Waals surface area contributed by atoms with Gasteiger partial charge in [0.25, 0.3) is 0 Å². The van der Waals surface area contributed by atoms with E-state index in [4.69, 9.17) is 21.5 Å². The predicted molar refractivity (Wildman–Crippen MR) is 134 cm³/mol. The minimum absolute atomic E-state index is 0.655. The maximum atomic E-state index is 6.22. The van der Waals surface area contributed by atoms with Crippen molar-refractivity contribution in [1.29, 1.82) is 0 Å². The van der Waals surface area contributed by atoms with Crippen LogP contribution in [0, 0.1) is 6.92 Å². The number of halogens is 1. The highest BCUT2D eigenvalue weighted by atomic mass is 35.5. The van der Waals surface area contributed by atoms with Crippen LogP contribution in [0.25, 0.3) is 16.8 Å². The molecule has 5 heteroatoms. The second-order valence-corrected chi connectivity index (χ2v) is 7.80. The van der Waals surface area contributed by atoms with Gasteiger partial charge in [0.1, 0.15) is 5.75 Å². The Morgan fingerprint density at radius 2 is 1.93 bits per heavy atom. The Labute approximate surface area is 190 Å². The fraction of sp³-hybridized carbons (Fsp3) is 0.280. The minimum atomic E-state index is 0.655. The molecule has 30 heavy (non-hydrogen) atoms. The summed E-state index contributed by atoms with van der Waals surface area (Å²) < 4.78 is 5.78. The highest BCUT2D eigenvalue weighted by Gasteiger charge is 2.10. The molecule has 160 valence electrons. The van der Waals surface area contributed by atoms with E-state index in [1.807, 2.05) is 25.3 Å². The summed E-state index contributed by atoms with van der Waals surface area (Å²) in [4.78, 5) is 0. The minimum Gasteiger partial charge on any atom is -0.426 e. The second kappa shape index (κ2) is 12.4. The quantitative estimate of drug-likeness (QED) is 0.303. The van der Waals surface area contributed by atoms with Gasteiger partial charge < -0.3 is 15.2 Å². The Balaban J connectivity index is 2.42. The molecule has 3 nitrogen and oxygen atoms in total. The molecule has 0 aliphatic heterocycles. The smallest absolute Gasteiger partial charge is 0.138 e. The molecule has 0 bridgehead atoms. The zero-order valence-corrected chi connectivity index (χ0v) is 19.7. The van der Waals surface area contributed by atoms with Crippen molar-refractivity contribution < 1.29 is 4.18 Å². The van der Waals surface area contributed by atoms with Gasteiger partial charge >= 0.3 is 0 Å². The SMILES string of the molecule is CC/C=C\C(=C/N)CN/C(=C/CC)c1cc(OSC)cc(-c2ccc(Cl)c(C)c2)c1. The molecule has 0 unspecified atom stereocenters. The summed E-state index contributed by atoms with van der Waals surface area (Å²) in [5.74, 6) is 0.812. The molecule has 3 N–H and O–H groups in total. The van der Waals surface area contributed by atoms with E-state index in [0.29, 0.717) is 6.54 Å². The highest BCUT2D eigenvalue weighted by molar-refractivity contribution is 7.94. The summed E-state index contributed by atoms with van der Waals surface area (Å²) in [5.41, 5.74) is 12.2. The Morgan fingerprint density at radius 1 is 1.13 bits per heavy atom. The zero-order valence-electron chi connectivity index (χ0n) is 18.2. The summed E-state index contributed by atoms with van der Waals surface area (Å²) in [6.45, 7) is 6.91. The zero-order chi connectivity index (χ0) is 21.9. The monoisotopic (exact) mass is 442 g/mol. The van der Waals surface area contributed by atoms with Crippen molar-refractivity contribution in [2.75, 3.05) is 12.8 Å². The third-order valence-corrected chi connectivity index (χ3v) is 5.34. The number of aryl methyl sites for hydroxylation is 1. The molecule has 0 amide bonds. The molecule has 2 rings (SSSR count). The number of rotatable bonds is 10. The van der Waals surface area contributed by atoms with Crippen LogP contribution in [0.15, 0.2) is 66.4 Å². The molecule has 0 radical (unpaired) electrons. The lowest BCUT2D eigenvalue weighted by Gasteiger charge is -2.15. The normalized spacial score (nSPS) is 12.4. The van der Waals surface area contributed by atoms with Crippen LogP contribution in [0.5, 0.6) is 5.75 Å². The Bertz CT molecular complexity index is 935. The lowest BCUT2D eigenvalue weighted by Crippen LogP contribution is -2.16. The van der Waals surface area contributed by atoms with Crippen LogP contribution in [-0.4, -0.2) is 12.8 Å². The van der Waals surface area contributed by atoms with E-state index in [0.717, 1.165) is 57.1 Å². The maximum Gasteiger partial charge on any atom is 0.138 e. The van der Waals surface area contributed by atoms with Crippen molar-refractivity contribution in [1.82, 2.24) is 5.32 Å². The summed E-state index contributed by atoms with van der Waals surface area (Å²) in [5, 5.41) is 4.31. The average Bonchev–Trinajstić information content (AvgIpc) is 2.75. The molecular formula is C25H31ClN2OS. The fourth-order valence-corrected chi connectivity index (χ4v) is 3.43. The molecule has 0 saturated carbocycles. The number of benzene rings is 2. The van der Waals surface area contributed by atoms with E-state index in [1.165, 1.54) is 12.0 Å². The van der Waals surface area contributed by atoms with Crippen LogP contribution in [-0.2, 0) is 0 Å². The van der Waals surface area contributed by atoms with Gasteiger partial charge in [-0.05, 0) is 78.6 Å². The van der Waals surface area contributed by atoms with E-state index in [2.05, 4.69) is 61.7 Å². The number of hydrogen-bond acceptors (Lipinski definition) is 4. The van der Waals surface area contributed by atoms with Crippen molar-refractivity contribution >= 4 is 29.3 Å². The number of allylic oxidation sites excluding steroid dienone is 2. The Morgan fingerprint density at radius 3 is 2.57 bits per heavy atom. The lowest BCUT2D eigenvalue weighted by molar-refractivity contribution is 0.650. The highest BCUT2D eigenvalue weighted by Crippen LogP contribution is 2.32. The van der Waals surface area contributed by atoms with Crippen LogP contribution < -0.4 is 15.2 Å². The van der Waals surface area contributed by atoms with Crippen LogP contribution in [0.2, 0.25) is 5.02 Å². The molecule has 0 aliphatic carbocycles. The summed E-state index contributed by atoms with van der Waals surface area (Å²) in [6.07, 6.45) is 11.8. The molecule has 0 atom stereocenters. The van der Waals surface area contributed by atoms with E-state index in [9.17, 15) is 0 Å². The van der Waals surface area contributed by atoms with Gasteiger partial charge in [-0.15, -0.1) is 0 Å². The van der Waals surface area contributed by atoms with Crippen LogP contribution in [0.3, 0.4) is 0 Å². The molecule has 2 aromatic carbocycles. The molecular weight excluding hydrogens is 412 g/mol. The molecule has 0 heterocycles. The van der Waals surface area contributed by atoms with Gasteiger partial charge in [-0.25, -0.2) is 0 Å². The van der Waals surface area contributed by atoms with E-state index in [1.54, 1.807) is 6.20 Å². The van der Waals surface area contributed by atoms with E-state index < -0.39 is 0 Å². The van der Waals surface area contributed by atoms with Crippen LogP contribution in [0.4, 0.5) is 0 Å². The van der Waals surface area contributed by atoms with Gasteiger partial charge in [-0.3, -0.25) is 0 Å². The summed E-state index contributed by atoms with van der Waals surface area (Å²) >= 11 is 7.56. The number of nitrogens with two attached hydrogens (primary N) is 1. The third kappa shape index (κ3) is 6.89. The van der Waals surface area contributed by atoms with E-state index >= 15 is 0 Å². The van der Waals surface area contributed by atoms with Crippen LogP contribution >= 0.6 is 23.6 Å². The van der Waals surface area contributed by atoms with E-state index in [-0.39, 0.29) is 0 Å². The van der Waals surface area contributed by atoms with Gasteiger partial charge in [-0.1, -0.05) is 49.7 Å². The van der Waals surface area contributed by atoms with Crippen molar-refractivity contribution in [2.45, 2.75) is 33.6 Å². The van der Waals surface area contributed by atoms with Crippen molar-refractivity contribution in [3.63, 3.8) is 0 Å². The first-order chi connectivity index (χ1) is 14.5. The van der Waals surface area contributed by atoms with Crippen molar-refractivity contribution in [2.24, 2.45) is 5.73 Å². The molecule has 0 aliphatic rings. The summed E-state index contributed by atoms with van der Waals surface area (Å²) in [6, 6.07) is 12.4.